The molecule has 0 aliphatic heterocycles. The molecule has 0 bridgehead atoms. The van der Waals surface area contributed by atoms with E-state index in [1.54, 1.807) is 66.7 Å². The number of nitrogens with one attached hydrogen (secondary N) is 1. The molecule has 0 aliphatic rings. The van der Waals surface area contributed by atoms with Crippen molar-refractivity contribution in [2.75, 3.05) is 17.4 Å². The van der Waals surface area contributed by atoms with Crippen molar-refractivity contribution in [1.29, 1.82) is 0 Å². The lowest BCUT2D eigenvalue weighted by molar-refractivity contribution is -0.119. The number of amides is 1. The monoisotopic (exact) mass is 440 g/mol. The van der Waals surface area contributed by atoms with Gasteiger partial charge in [0.1, 0.15) is 12.4 Å². The smallest absolute Gasteiger partial charge is 0.264 e. The van der Waals surface area contributed by atoms with Crippen LogP contribution in [0.1, 0.15) is 17.5 Å². The first kappa shape index (κ1) is 22.5. The molecule has 0 spiro atoms. The van der Waals surface area contributed by atoms with Crippen molar-refractivity contribution < 1.29 is 17.6 Å². The summed E-state index contributed by atoms with van der Waals surface area (Å²) < 4.78 is 40.6. The van der Waals surface area contributed by atoms with Crippen LogP contribution in [0.2, 0.25) is 0 Å². The largest absolute Gasteiger partial charge is 0.355 e. The Bertz CT molecular complexity index is 1100. The molecule has 0 saturated carbocycles. The van der Waals surface area contributed by atoms with E-state index in [4.69, 9.17) is 0 Å². The van der Waals surface area contributed by atoms with Crippen molar-refractivity contribution in [2.45, 2.75) is 24.7 Å². The molecule has 1 N–H and O–H groups in total. The van der Waals surface area contributed by atoms with E-state index in [0.29, 0.717) is 25.1 Å². The first-order chi connectivity index (χ1) is 14.9. The average Bonchev–Trinajstić information content (AvgIpc) is 2.77. The Morgan fingerprint density at radius 3 is 2.23 bits per heavy atom. The molecule has 0 aliphatic carbocycles. The maximum Gasteiger partial charge on any atom is 0.264 e. The quantitative estimate of drug-likeness (QED) is 0.510. The van der Waals surface area contributed by atoms with E-state index < -0.39 is 15.9 Å². The van der Waals surface area contributed by atoms with Gasteiger partial charge in [-0.25, -0.2) is 12.8 Å². The Morgan fingerprint density at radius 2 is 1.58 bits per heavy atom. The molecule has 3 aromatic carbocycles. The molecule has 3 aromatic rings. The first-order valence-corrected chi connectivity index (χ1v) is 11.5. The van der Waals surface area contributed by atoms with E-state index in [9.17, 15) is 17.6 Å². The van der Waals surface area contributed by atoms with E-state index in [0.717, 1.165) is 15.4 Å². The topological polar surface area (TPSA) is 66.5 Å². The van der Waals surface area contributed by atoms with E-state index in [-0.39, 0.29) is 17.3 Å². The molecule has 0 unspecified atom stereocenters. The van der Waals surface area contributed by atoms with Crippen molar-refractivity contribution in [1.82, 2.24) is 5.32 Å². The van der Waals surface area contributed by atoms with Crippen LogP contribution in [0.3, 0.4) is 0 Å². The number of halogens is 1. The van der Waals surface area contributed by atoms with Gasteiger partial charge in [-0.2, -0.15) is 0 Å². The predicted molar refractivity (Wildman–Crippen MR) is 120 cm³/mol. The summed E-state index contributed by atoms with van der Waals surface area (Å²) >= 11 is 0. The second kappa shape index (κ2) is 10.2. The molecule has 0 atom stereocenters. The number of rotatable bonds is 9. The molecule has 1 amide bonds. The molecule has 31 heavy (non-hydrogen) atoms. The second-order valence-corrected chi connectivity index (χ2v) is 9.10. The van der Waals surface area contributed by atoms with E-state index >= 15 is 0 Å². The van der Waals surface area contributed by atoms with Crippen LogP contribution in [0.15, 0.2) is 83.8 Å². The highest BCUT2D eigenvalue weighted by molar-refractivity contribution is 7.92. The number of sulfonamides is 1. The number of hydrogen-bond donors (Lipinski definition) is 1. The summed E-state index contributed by atoms with van der Waals surface area (Å²) in [4.78, 5) is 12.7. The van der Waals surface area contributed by atoms with Gasteiger partial charge in [-0.05, 0) is 61.7 Å². The molecule has 0 aromatic heterocycles. The van der Waals surface area contributed by atoms with E-state index in [1.165, 1.54) is 12.1 Å². The summed E-state index contributed by atoms with van der Waals surface area (Å²) in [5.74, 6) is -0.675. The van der Waals surface area contributed by atoms with Crippen LogP contribution < -0.4 is 9.62 Å². The van der Waals surface area contributed by atoms with Crippen molar-refractivity contribution in [3.05, 3.63) is 95.8 Å². The molecule has 162 valence electrons. The third kappa shape index (κ3) is 6.15. The van der Waals surface area contributed by atoms with Gasteiger partial charge in [0.05, 0.1) is 10.6 Å². The van der Waals surface area contributed by atoms with Crippen molar-refractivity contribution in [2.24, 2.45) is 0 Å². The van der Waals surface area contributed by atoms with Gasteiger partial charge in [0, 0.05) is 6.54 Å². The van der Waals surface area contributed by atoms with E-state index in [1.807, 2.05) is 6.92 Å². The fourth-order valence-corrected chi connectivity index (χ4v) is 4.53. The normalized spacial score (nSPS) is 11.2. The van der Waals surface area contributed by atoms with Crippen LogP contribution in [0.4, 0.5) is 10.1 Å². The number of carbonyl (C=O) groups is 1. The maximum absolute atomic E-state index is 13.2. The molecule has 3 rings (SSSR count). The van der Waals surface area contributed by atoms with Crippen LogP contribution >= 0.6 is 0 Å². The lowest BCUT2D eigenvalue weighted by atomic mass is 10.1. The number of benzene rings is 3. The molecule has 7 heteroatoms. The number of hydrogen-bond acceptors (Lipinski definition) is 3. The standard InChI is InChI=1S/C24H25FN2O3S/c1-19-9-15-23(16-10-19)31(29,30)27(22-7-3-2-4-8-22)18-24(28)26-17-5-6-20-11-13-21(25)14-12-20/h2-4,7-16H,5-6,17-18H2,1H3,(H,26,28). The van der Waals surface area contributed by atoms with Gasteiger partial charge in [-0.15, -0.1) is 0 Å². The molecule has 5 nitrogen and oxygen atoms in total. The SMILES string of the molecule is Cc1ccc(S(=O)(=O)N(CC(=O)NCCCc2ccc(F)cc2)c2ccccc2)cc1. The molecule has 0 fully saturated rings. The summed E-state index contributed by atoms with van der Waals surface area (Å²) in [5.41, 5.74) is 2.34. The third-order valence-electron chi connectivity index (χ3n) is 4.82. The Kier molecular flexibility index (Phi) is 7.41. The number of para-hydroxylation sites is 1. The van der Waals surface area contributed by atoms with Gasteiger partial charge in [-0.3, -0.25) is 9.10 Å². The molecular weight excluding hydrogens is 415 g/mol. The highest BCUT2D eigenvalue weighted by atomic mass is 32.2. The minimum absolute atomic E-state index is 0.131. The maximum atomic E-state index is 13.2. The molecule has 0 saturated heterocycles. The zero-order valence-electron chi connectivity index (χ0n) is 17.3. The minimum atomic E-state index is -3.91. The molecule has 0 radical (unpaired) electrons. The van der Waals surface area contributed by atoms with Crippen LogP contribution in [-0.2, 0) is 21.2 Å². The first-order valence-electron chi connectivity index (χ1n) is 10.0. The third-order valence-corrected chi connectivity index (χ3v) is 6.61. The van der Waals surface area contributed by atoms with Gasteiger partial charge < -0.3 is 5.32 Å². The minimum Gasteiger partial charge on any atom is -0.355 e. The highest BCUT2D eigenvalue weighted by Gasteiger charge is 2.26. The molecule has 0 heterocycles. The Balaban J connectivity index is 1.66. The lowest BCUT2D eigenvalue weighted by Crippen LogP contribution is -2.41. The van der Waals surface area contributed by atoms with Crippen LogP contribution in [0, 0.1) is 12.7 Å². The molecular formula is C24H25FN2O3S. The van der Waals surface area contributed by atoms with Gasteiger partial charge in [0.25, 0.3) is 10.0 Å². The van der Waals surface area contributed by atoms with Crippen molar-refractivity contribution >= 4 is 21.6 Å². The summed E-state index contributed by atoms with van der Waals surface area (Å²) in [6, 6.07) is 21.3. The van der Waals surface area contributed by atoms with Gasteiger partial charge in [-0.1, -0.05) is 48.0 Å². The van der Waals surface area contributed by atoms with Gasteiger partial charge >= 0.3 is 0 Å². The Morgan fingerprint density at radius 1 is 0.935 bits per heavy atom. The number of anilines is 1. The summed E-state index contributed by atoms with van der Waals surface area (Å²) in [6.45, 7) is 1.95. The van der Waals surface area contributed by atoms with Crippen LogP contribution in [-0.4, -0.2) is 27.4 Å². The van der Waals surface area contributed by atoms with Crippen LogP contribution in [0.5, 0.6) is 0 Å². The van der Waals surface area contributed by atoms with Crippen molar-refractivity contribution in [3.8, 4) is 0 Å². The fraction of sp³-hybridized carbons (Fsp3) is 0.208. The predicted octanol–water partition coefficient (Wildman–Crippen LogP) is 4.08. The zero-order chi connectivity index (χ0) is 22.3. The number of nitrogens with zero attached hydrogens (tertiary/aromatic N) is 1. The lowest BCUT2D eigenvalue weighted by Gasteiger charge is -2.24. The summed E-state index contributed by atoms with van der Waals surface area (Å²) in [5, 5.41) is 2.78. The average molecular weight is 441 g/mol. The van der Waals surface area contributed by atoms with E-state index in [2.05, 4.69) is 5.32 Å². The van der Waals surface area contributed by atoms with Crippen molar-refractivity contribution in [3.63, 3.8) is 0 Å². The van der Waals surface area contributed by atoms with Gasteiger partial charge in [0.15, 0.2) is 0 Å². The number of aryl methyl sites for hydroxylation is 2. The van der Waals surface area contributed by atoms with Crippen LogP contribution in [0.25, 0.3) is 0 Å². The second-order valence-electron chi connectivity index (χ2n) is 7.24. The highest BCUT2D eigenvalue weighted by Crippen LogP contribution is 2.23. The summed E-state index contributed by atoms with van der Waals surface area (Å²) in [6.07, 6.45) is 1.35. The Hall–Kier alpha value is -3.19. The zero-order valence-corrected chi connectivity index (χ0v) is 18.1. The summed E-state index contributed by atoms with van der Waals surface area (Å²) in [7, 11) is -3.91. The fourth-order valence-electron chi connectivity index (χ4n) is 3.10. The Labute approximate surface area is 182 Å². The number of carbonyl (C=O) groups excluding carboxylic acids is 1. The van der Waals surface area contributed by atoms with Gasteiger partial charge in [0.2, 0.25) is 5.91 Å².